The lowest BCUT2D eigenvalue weighted by atomic mass is 9.83. The molecule has 166 valence electrons. The van der Waals surface area contributed by atoms with Gasteiger partial charge in [-0.25, -0.2) is 9.18 Å². The molecule has 2 amide bonds. The fourth-order valence-electron chi connectivity index (χ4n) is 5.18. The number of aromatic nitrogens is 1. The Hall–Kier alpha value is -3.45. The van der Waals surface area contributed by atoms with Gasteiger partial charge in [0, 0.05) is 46.5 Å². The van der Waals surface area contributed by atoms with Crippen molar-refractivity contribution >= 4 is 33.1 Å². The molecule has 2 aromatic carbocycles. The second-order valence-corrected chi connectivity index (χ2v) is 9.96. The third-order valence-corrected chi connectivity index (χ3v) is 7.81. The molecule has 1 saturated heterocycles. The summed E-state index contributed by atoms with van der Waals surface area (Å²) in [6.07, 6.45) is 0.964. The lowest BCUT2D eigenvalue weighted by Crippen LogP contribution is -2.50. The zero-order valence-corrected chi connectivity index (χ0v) is 18.6. The fourth-order valence-corrected chi connectivity index (χ4v) is 6.26. The van der Waals surface area contributed by atoms with Gasteiger partial charge < -0.3 is 14.8 Å². The molecule has 0 saturated carbocycles. The second kappa shape index (κ2) is 7.85. The van der Waals surface area contributed by atoms with Crippen molar-refractivity contribution in [3.05, 3.63) is 88.6 Å². The smallest absolute Gasteiger partial charge is 0.321 e. The minimum atomic E-state index is -0.383. The number of nitrogens with one attached hydrogen (secondary N) is 1. The van der Waals surface area contributed by atoms with E-state index in [0.717, 1.165) is 27.9 Å². The summed E-state index contributed by atoms with van der Waals surface area (Å²) in [5.41, 5.74) is 2.22. The van der Waals surface area contributed by atoms with E-state index in [4.69, 9.17) is 0 Å². The highest BCUT2D eigenvalue weighted by atomic mass is 32.1. The first kappa shape index (κ1) is 20.2. The van der Waals surface area contributed by atoms with E-state index in [-0.39, 0.29) is 29.2 Å². The quantitative estimate of drug-likeness (QED) is 0.429. The molecule has 7 heteroatoms. The van der Waals surface area contributed by atoms with Gasteiger partial charge in [-0.2, -0.15) is 0 Å². The highest BCUT2D eigenvalue weighted by Gasteiger charge is 2.36. The standard InChI is InChI=1S/C26H22FN3O2S/c27-19-5-3-6-20(12-19)28-26(32)29-13-16-10-18(15-29)22-9-8-21(25(31)30(22)14-16)24-11-17-4-1-2-7-23(17)33-24/h1-9,11-12,16,18H,10,13-15H2,(H,28,32)/t16-,18-/m1/s1. The van der Waals surface area contributed by atoms with E-state index in [0.29, 0.717) is 25.3 Å². The van der Waals surface area contributed by atoms with Gasteiger partial charge in [-0.3, -0.25) is 4.79 Å². The van der Waals surface area contributed by atoms with Crippen molar-refractivity contribution in [2.75, 3.05) is 18.4 Å². The molecule has 2 aliphatic heterocycles. The number of likely N-dealkylation sites (tertiary alicyclic amines) is 1. The largest absolute Gasteiger partial charge is 0.324 e. The molecule has 1 N–H and O–H groups in total. The summed E-state index contributed by atoms with van der Waals surface area (Å²) in [5.74, 6) is -0.0594. The molecule has 0 spiro atoms. The number of hydrogen-bond acceptors (Lipinski definition) is 3. The molecule has 4 aromatic rings. The number of rotatable bonds is 2. The maximum absolute atomic E-state index is 13.5. The number of anilines is 1. The van der Waals surface area contributed by atoms with Crippen LogP contribution in [0.4, 0.5) is 14.9 Å². The maximum Gasteiger partial charge on any atom is 0.321 e. The van der Waals surface area contributed by atoms with Crippen LogP contribution in [0.5, 0.6) is 0 Å². The minimum Gasteiger partial charge on any atom is -0.324 e. The number of carbonyl (C=O) groups excluding carboxylic acids is 1. The number of benzene rings is 2. The number of fused-ring (bicyclic) bond motifs is 5. The lowest BCUT2D eigenvalue weighted by Gasteiger charge is -2.42. The van der Waals surface area contributed by atoms with E-state index in [1.807, 2.05) is 22.8 Å². The molecule has 1 fully saturated rings. The van der Waals surface area contributed by atoms with Crippen LogP contribution in [0.2, 0.25) is 0 Å². The number of hydrogen-bond donors (Lipinski definition) is 1. The molecule has 0 radical (unpaired) electrons. The van der Waals surface area contributed by atoms with Gasteiger partial charge in [-0.1, -0.05) is 24.3 Å². The van der Waals surface area contributed by atoms with E-state index in [2.05, 4.69) is 29.6 Å². The van der Waals surface area contributed by atoms with Gasteiger partial charge in [0.1, 0.15) is 5.82 Å². The van der Waals surface area contributed by atoms with Gasteiger partial charge in [0.2, 0.25) is 0 Å². The molecular weight excluding hydrogens is 437 g/mol. The van der Waals surface area contributed by atoms with Gasteiger partial charge in [-0.05, 0) is 60.2 Å². The number of piperidine rings is 1. The third kappa shape index (κ3) is 3.62. The van der Waals surface area contributed by atoms with Crippen molar-refractivity contribution in [3.8, 4) is 10.4 Å². The SMILES string of the molecule is O=C(Nc1cccc(F)c1)N1C[C@H]2C[C@H](C1)c1ccc(-c3cc4ccccc4s3)c(=O)n1C2. The van der Waals surface area contributed by atoms with Crippen LogP contribution in [0, 0.1) is 11.7 Å². The van der Waals surface area contributed by atoms with Crippen molar-refractivity contribution in [2.24, 2.45) is 5.92 Å². The molecule has 4 heterocycles. The van der Waals surface area contributed by atoms with E-state index in [1.165, 1.54) is 16.8 Å². The molecule has 0 unspecified atom stereocenters. The van der Waals surface area contributed by atoms with E-state index >= 15 is 0 Å². The van der Waals surface area contributed by atoms with Gasteiger partial charge >= 0.3 is 6.03 Å². The number of pyridine rings is 1. The second-order valence-electron chi connectivity index (χ2n) is 8.88. The van der Waals surface area contributed by atoms with Gasteiger partial charge in [0.15, 0.2) is 0 Å². The summed E-state index contributed by atoms with van der Waals surface area (Å²) >= 11 is 1.64. The Morgan fingerprint density at radius 1 is 1.00 bits per heavy atom. The van der Waals surface area contributed by atoms with Crippen molar-refractivity contribution in [2.45, 2.75) is 18.9 Å². The van der Waals surface area contributed by atoms with Crippen molar-refractivity contribution < 1.29 is 9.18 Å². The minimum absolute atomic E-state index is 0.0476. The first-order valence-electron chi connectivity index (χ1n) is 11.1. The molecule has 6 rings (SSSR count). The molecular formula is C26H22FN3O2S. The third-order valence-electron chi connectivity index (χ3n) is 6.66. The van der Waals surface area contributed by atoms with Crippen molar-refractivity contribution in [1.82, 2.24) is 9.47 Å². The van der Waals surface area contributed by atoms with Crippen LogP contribution in [0.3, 0.4) is 0 Å². The zero-order chi connectivity index (χ0) is 22.5. The Morgan fingerprint density at radius 3 is 2.73 bits per heavy atom. The Balaban J connectivity index is 1.27. The van der Waals surface area contributed by atoms with Crippen LogP contribution < -0.4 is 10.9 Å². The zero-order valence-electron chi connectivity index (χ0n) is 17.8. The van der Waals surface area contributed by atoms with E-state index < -0.39 is 0 Å². The molecule has 0 aliphatic carbocycles. The number of nitrogens with zero attached hydrogens (tertiary/aromatic N) is 2. The molecule has 33 heavy (non-hydrogen) atoms. The van der Waals surface area contributed by atoms with Gasteiger partial charge in [0.25, 0.3) is 5.56 Å². The van der Waals surface area contributed by atoms with Crippen LogP contribution in [-0.4, -0.2) is 28.6 Å². The van der Waals surface area contributed by atoms with E-state index in [9.17, 15) is 14.0 Å². The van der Waals surface area contributed by atoms with Crippen molar-refractivity contribution in [3.63, 3.8) is 0 Å². The topological polar surface area (TPSA) is 54.3 Å². The molecule has 2 bridgehead atoms. The van der Waals surface area contributed by atoms with Crippen LogP contribution in [0.25, 0.3) is 20.5 Å². The molecule has 2 aromatic heterocycles. The van der Waals surface area contributed by atoms with Crippen LogP contribution in [-0.2, 0) is 6.54 Å². The van der Waals surface area contributed by atoms with Crippen LogP contribution >= 0.6 is 11.3 Å². The Morgan fingerprint density at radius 2 is 1.88 bits per heavy atom. The monoisotopic (exact) mass is 459 g/mol. The summed E-state index contributed by atoms with van der Waals surface area (Å²) in [5, 5.41) is 3.95. The first-order chi connectivity index (χ1) is 16.0. The molecule has 2 aliphatic rings. The maximum atomic E-state index is 13.5. The molecule has 2 atom stereocenters. The number of amides is 2. The van der Waals surface area contributed by atoms with Crippen molar-refractivity contribution in [1.29, 1.82) is 0 Å². The lowest BCUT2D eigenvalue weighted by molar-refractivity contribution is 0.139. The number of urea groups is 1. The Labute approximate surface area is 194 Å². The summed E-state index contributed by atoms with van der Waals surface area (Å²) in [7, 11) is 0. The average molecular weight is 460 g/mol. The fraction of sp³-hybridized carbons (Fsp3) is 0.231. The Bertz CT molecular complexity index is 1410. The predicted molar refractivity (Wildman–Crippen MR) is 129 cm³/mol. The average Bonchev–Trinajstić information content (AvgIpc) is 3.23. The normalized spacial score (nSPS) is 19.4. The van der Waals surface area contributed by atoms with Crippen LogP contribution in [0.15, 0.2) is 71.5 Å². The molecule has 5 nitrogen and oxygen atoms in total. The predicted octanol–water partition coefficient (Wildman–Crippen LogP) is 5.52. The number of carbonyl (C=O) groups is 1. The number of halogens is 1. The summed E-state index contributed by atoms with van der Waals surface area (Å²) in [6, 6.07) is 19.9. The first-order valence-corrected chi connectivity index (χ1v) is 11.9. The summed E-state index contributed by atoms with van der Waals surface area (Å²) in [4.78, 5) is 29.1. The summed E-state index contributed by atoms with van der Waals surface area (Å²) < 4.78 is 16.6. The summed E-state index contributed by atoms with van der Waals surface area (Å²) in [6.45, 7) is 1.73. The highest BCUT2D eigenvalue weighted by molar-refractivity contribution is 7.22. The van der Waals surface area contributed by atoms with Gasteiger partial charge in [0.05, 0.1) is 5.56 Å². The van der Waals surface area contributed by atoms with Crippen LogP contribution in [0.1, 0.15) is 18.0 Å². The highest BCUT2D eigenvalue weighted by Crippen LogP contribution is 2.37. The Kier molecular flexibility index (Phi) is 4.80. The van der Waals surface area contributed by atoms with Gasteiger partial charge in [-0.15, -0.1) is 11.3 Å². The number of thiophene rings is 1. The van der Waals surface area contributed by atoms with E-state index in [1.54, 1.807) is 28.4 Å².